The average Bonchev–Trinajstić information content (AvgIpc) is 3.12. The molecule has 6 nitrogen and oxygen atoms in total. The highest BCUT2D eigenvalue weighted by Crippen LogP contribution is 2.55. The van der Waals surface area contributed by atoms with E-state index in [1.807, 2.05) is 36.4 Å². The summed E-state index contributed by atoms with van der Waals surface area (Å²) in [6.45, 7) is 1.87. The molecule has 4 atom stereocenters. The number of amides is 2. The maximum absolute atomic E-state index is 13.7. The number of fused-ring (bicyclic) bond motifs is 3. The second kappa shape index (κ2) is 8.26. The predicted molar refractivity (Wildman–Crippen MR) is 131 cm³/mol. The van der Waals surface area contributed by atoms with Gasteiger partial charge >= 0.3 is 0 Å². The topological polar surface area (TPSA) is 91.8 Å². The van der Waals surface area contributed by atoms with Crippen molar-refractivity contribution in [3.8, 4) is 5.75 Å². The molecule has 6 heteroatoms. The molecule has 0 unspecified atom stereocenters. The summed E-state index contributed by atoms with van der Waals surface area (Å²) in [5, 5.41) is 9.85. The highest BCUT2D eigenvalue weighted by molar-refractivity contribution is 6.23. The number of phenolic OH excluding ortho intramolecular Hbond substituents is 1. The quantitative estimate of drug-likeness (QED) is 0.408. The van der Waals surface area contributed by atoms with Gasteiger partial charge in [0.15, 0.2) is 11.6 Å². The van der Waals surface area contributed by atoms with Crippen LogP contribution in [0.15, 0.2) is 89.0 Å². The fraction of sp³-hybridized carbons (Fsp3) is 0.267. The van der Waals surface area contributed by atoms with Crippen LogP contribution >= 0.6 is 0 Å². The number of carbonyl (C=O) groups is 4. The Morgan fingerprint density at radius 3 is 2.36 bits per heavy atom. The third-order valence-electron chi connectivity index (χ3n) is 8.07. The van der Waals surface area contributed by atoms with E-state index < -0.39 is 17.8 Å². The highest BCUT2D eigenvalue weighted by Gasteiger charge is 2.56. The number of rotatable bonds is 3. The maximum Gasteiger partial charge on any atom is 0.234 e. The van der Waals surface area contributed by atoms with E-state index in [1.54, 1.807) is 31.2 Å². The molecule has 1 fully saturated rings. The lowest BCUT2D eigenvalue weighted by Gasteiger charge is -2.42. The molecule has 0 aromatic heterocycles. The van der Waals surface area contributed by atoms with Crippen LogP contribution in [-0.4, -0.2) is 33.4 Å². The standard InChI is InChI=1S/C30H25NO5/c1-16-13-24(33)23-14-22-20(25(27(23)28(16)34)18-7-9-19(32)10-8-18)11-12-21-26(22)30(36)31(29(21)35)15-17-5-3-2-4-6-17/h2-11,13,21-22,25-26,32H,12,14-15H2,1H3/t21-,22+,25-,26-/m0/s1. The first kappa shape index (κ1) is 22.4. The number of carbonyl (C=O) groups excluding carboxylic acids is 4. The SMILES string of the molecule is CC1=CC(=O)C2=C(C1=O)[C@@H](c1ccc(O)cc1)C1=CC[C@@H]3C(=O)N(Cc4ccccc4)C(=O)[C@@H]3[C@@H]1C2. The van der Waals surface area contributed by atoms with Crippen LogP contribution < -0.4 is 0 Å². The molecule has 2 aromatic rings. The van der Waals surface area contributed by atoms with Crippen molar-refractivity contribution in [2.75, 3.05) is 0 Å². The summed E-state index contributed by atoms with van der Waals surface area (Å²) in [5.74, 6) is -2.52. The predicted octanol–water partition coefficient (Wildman–Crippen LogP) is 4.02. The normalized spacial score (nSPS) is 27.4. The van der Waals surface area contributed by atoms with Crippen molar-refractivity contribution in [1.29, 1.82) is 0 Å². The summed E-state index contributed by atoms with van der Waals surface area (Å²) in [6, 6.07) is 16.1. The Morgan fingerprint density at radius 1 is 0.917 bits per heavy atom. The molecule has 0 bridgehead atoms. The van der Waals surface area contributed by atoms with Gasteiger partial charge < -0.3 is 5.11 Å². The van der Waals surface area contributed by atoms with Gasteiger partial charge in [0.1, 0.15) is 5.75 Å². The number of aromatic hydroxyl groups is 1. The number of hydrogen-bond acceptors (Lipinski definition) is 5. The van der Waals surface area contributed by atoms with Gasteiger partial charge in [0.2, 0.25) is 11.8 Å². The molecular formula is C30H25NO5. The van der Waals surface area contributed by atoms with Crippen LogP contribution in [-0.2, 0) is 25.7 Å². The number of benzene rings is 2. The Labute approximate surface area is 208 Å². The lowest BCUT2D eigenvalue weighted by molar-refractivity contribution is -0.140. The molecule has 6 rings (SSSR count). The molecule has 1 N–H and O–H groups in total. The van der Waals surface area contributed by atoms with E-state index in [0.29, 0.717) is 23.1 Å². The van der Waals surface area contributed by atoms with Gasteiger partial charge in [-0.15, -0.1) is 0 Å². The second-order valence-corrected chi connectivity index (χ2v) is 10.1. The first-order valence-corrected chi connectivity index (χ1v) is 12.2. The van der Waals surface area contributed by atoms with E-state index in [1.165, 1.54) is 11.0 Å². The number of nitrogens with zero attached hydrogens (tertiary/aromatic N) is 1. The molecule has 4 aliphatic rings. The number of hydrogen-bond donors (Lipinski definition) is 1. The van der Waals surface area contributed by atoms with E-state index in [9.17, 15) is 24.3 Å². The van der Waals surface area contributed by atoms with Gasteiger partial charge in [0, 0.05) is 22.6 Å². The Morgan fingerprint density at radius 2 is 1.64 bits per heavy atom. The zero-order chi connectivity index (χ0) is 25.1. The highest BCUT2D eigenvalue weighted by atomic mass is 16.3. The van der Waals surface area contributed by atoms with Gasteiger partial charge in [-0.3, -0.25) is 24.1 Å². The fourth-order valence-electron chi connectivity index (χ4n) is 6.39. The second-order valence-electron chi connectivity index (χ2n) is 10.1. The number of likely N-dealkylation sites (tertiary alicyclic amines) is 1. The van der Waals surface area contributed by atoms with E-state index in [2.05, 4.69) is 0 Å². The van der Waals surface area contributed by atoms with Crippen molar-refractivity contribution >= 4 is 23.4 Å². The number of Topliss-reactive ketones (excluding diaryl/α,β-unsaturated/α-hetero) is 1. The fourth-order valence-corrected chi connectivity index (χ4v) is 6.39. The minimum Gasteiger partial charge on any atom is -0.508 e. The average molecular weight is 480 g/mol. The zero-order valence-corrected chi connectivity index (χ0v) is 19.8. The Bertz CT molecular complexity index is 1410. The molecule has 0 saturated carbocycles. The van der Waals surface area contributed by atoms with Gasteiger partial charge in [-0.05, 0) is 55.0 Å². The van der Waals surface area contributed by atoms with Crippen molar-refractivity contribution in [3.05, 3.63) is 100 Å². The van der Waals surface area contributed by atoms with Gasteiger partial charge in [-0.1, -0.05) is 54.1 Å². The van der Waals surface area contributed by atoms with Crippen LogP contribution in [0.3, 0.4) is 0 Å². The molecule has 2 aromatic carbocycles. The smallest absolute Gasteiger partial charge is 0.234 e. The number of ketones is 2. The summed E-state index contributed by atoms with van der Waals surface area (Å²) >= 11 is 0. The van der Waals surface area contributed by atoms with Gasteiger partial charge in [-0.25, -0.2) is 0 Å². The molecule has 0 radical (unpaired) electrons. The summed E-state index contributed by atoms with van der Waals surface area (Å²) in [5.41, 5.74) is 3.88. The van der Waals surface area contributed by atoms with Crippen molar-refractivity contribution in [3.63, 3.8) is 0 Å². The number of phenols is 1. The van der Waals surface area contributed by atoms with E-state index >= 15 is 0 Å². The van der Waals surface area contributed by atoms with Gasteiger partial charge in [0.05, 0.1) is 18.4 Å². The third kappa shape index (κ3) is 3.32. The monoisotopic (exact) mass is 479 g/mol. The molecule has 180 valence electrons. The van der Waals surface area contributed by atoms with Gasteiger partial charge in [0.25, 0.3) is 0 Å². The summed E-state index contributed by atoms with van der Waals surface area (Å²) < 4.78 is 0. The first-order chi connectivity index (χ1) is 17.3. The summed E-state index contributed by atoms with van der Waals surface area (Å²) in [7, 11) is 0. The van der Waals surface area contributed by atoms with Crippen LogP contribution in [0.25, 0.3) is 0 Å². The molecular weight excluding hydrogens is 454 g/mol. The molecule has 0 spiro atoms. The van der Waals surface area contributed by atoms with Crippen molar-refractivity contribution in [1.82, 2.24) is 4.90 Å². The van der Waals surface area contributed by atoms with Crippen LogP contribution in [0.5, 0.6) is 5.75 Å². The van der Waals surface area contributed by atoms with Crippen LogP contribution in [0.4, 0.5) is 0 Å². The molecule has 1 heterocycles. The van der Waals surface area contributed by atoms with Crippen LogP contribution in [0.1, 0.15) is 36.8 Å². The van der Waals surface area contributed by atoms with Crippen molar-refractivity contribution < 1.29 is 24.3 Å². The largest absolute Gasteiger partial charge is 0.508 e. The van der Waals surface area contributed by atoms with E-state index in [-0.39, 0.29) is 48.0 Å². The van der Waals surface area contributed by atoms with Crippen LogP contribution in [0.2, 0.25) is 0 Å². The summed E-state index contributed by atoms with van der Waals surface area (Å²) in [6.07, 6.45) is 4.08. The Hall–Kier alpha value is -4.06. The van der Waals surface area contributed by atoms with Crippen molar-refractivity contribution in [2.45, 2.75) is 32.2 Å². The van der Waals surface area contributed by atoms with Crippen molar-refractivity contribution in [2.24, 2.45) is 17.8 Å². The molecule has 36 heavy (non-hydrogen) atoms. The third-order valence-corrected chi connectivity index (χ3v) is 8.07. The van der Waals surface area contributed by atoms with Gasteiger partial charge in [-0.2, -0.15) is 0 Å². The lowest BCUT2D eigenvalue weighted by Crippen LogP contribution is -2.39. The number of imide groups is 1. The molecule has 2 amide bonds. The van der Waals surface area contributed by atoms with E-state index in [0.717, 1.165) is 16.7 Å². The van der Waals surface area contributed by atoms with E-state index in [4.69, 9.17) is 0 Å². The Kier molecular flexibility index (Phi) is 5.14. The van der Waals surface area contributed by atoms with Crippen LogP contribution in [0, 0.1) is 17.8 Å². The summed E-state index contributed by atoms with van der Waals surface area (Å²) in [4.78, 5) is 54.9. The Balaban J connectivity index is 1.44. The molecule has 1 aliphatic heterocycles. The number of allylic oxidation sites excluding steroid dienone is 6. The minimum absolute atomic E-state index is 0.105. The lowest BCUT2D eigenvalue weighted by atomic mass is 9.59. The first-order valence-electron chi connectivity index (χ1n) is 12.2. The molecule has 1 saturated heterocycles. The minimum atomic E-state index is -0.565. The molecule has 3 aliphatic carbocycles. The zero-order valence-electron chi connectivity index (χ0n) is 19.8. The maximum atomic E-state index is 13.7.